The van der Waals surface area contributed by atoms with E-state index >= 15 is 0 Å². The number of benzene rings is 3. The van der Waals surface area contributed by atoms with Gasteiger partial charge in [0, 0.05) is 23.8 Å². The number of hydrogen-bond donors (Lipinski definition) is 13. The van der Waals surface area contributed by atoms with Gasteiger partial charge >= 0.3 is 5.97 Å². The van der Waals surface area contributed by atoms with Gasteiger partial charge in [-0.25, -0.2) is 4.79 Å². The number of hydrogen-bond acceptors (Lipinski definition) is 23. The topological polar surface area (TPSA) is 375 Å². The maximum absolute atomic E-state index is 14.3. The quantitative estimate of drug-likeness (QED) is 0.0444. The summed E-state index contributed by atoms with van der Waals surface area (Å²) in [6.45, 7) is -0.168. The molecule has 3 aliphatic heterocycles. The van der Waals surface area contributed by atoms with Gasteiger partial charge in [0.05, 0.1) is 19.3 Å². The number of ether oxygens (including phenoxy) is 7. The lowest BCUT2D eigenvalue weighted by Crippen LogP contribution is -2.64. The van der Waals surface area contributed by atoms with Gasteiger partial charge in [-0.15, -0.1) is 0 Å². The molecule has 3 aromatic carbocycles. The van der Waals surface area contributed by atoms with Crippen molar-refractivity contribution in [2.24, 2.45) is 0 Å². The van der Waals surface area contributed by atoms with E-state index in [0.717, 1.165) is 42.5 Å². The van der Waals surface area contributed by atoms with Gasteiger partial charge in [-0.2, -0.15) is 0 Å². The van der Waals surface area contributed by atoms with E-state index in [4.69, 9.17) is 37.6 Å². The molecule has 4 heterocycles. The molecule has 14 atom stereocenters. The van der Waals surface area contributed by atoms with Crippen molar-refractivity contribution in [1.82, 2.24) is 0 Å². The number of aliphatic hydroxyl groups excluding tert-OH is 8. The van der Waals surface area contributed by atoms with Crippen molar-refractivity contribution >= 4 is 23.0 Å². The molecule has 4 aromatic rings. The van der Waals surface area contributed by atoms with Crippen LogP contribution in [-0.4, -0.2) is 172 Å². The van der Waals surface area contributed by atoms with Crippen LogP contribution in [0, 0.1) is 0 Å². The summed E-state index contributed by atoms with van der Waals surface area (Å²) in [5.74, 6) is -5.66. The van der Waals surface area contributed by atoms with Crippen molar-refractivity contribution in [2.75, 3.05) is 13.2 Å². The molecule has 0 saturated carbocycles. The Morgan fingerprint density at radius 1 is 0.719 bits per heavy atom. The van der Waals surface area contributed by atoms with E-state index in [1.54, 1.807) is 0 Å². The van der Waals surface area contributed by atoms with Crippen LogP contribution >= 0.6 is 0 Å². The first-order chi connectivity index (χ1) is 30.4. The zero-order valence-corrected chi connectivity index (χ0v) is 33.2. The first-order valence-corrected chi connectivity index (χ1v) is 19.4. The van der Waals surface area contributed by atoms with Crippen LogP contribution in [0.5, 0.6) is 40.2 Å². The number of carbonyl (C=O) groups is 1. The molecule has 3 aliphatic rings. The molecule has 23 nitrogen and oxygen atoms in total. The molecule has 23 heteroatoms. The van der Waals surface area contributed by atoms with Crippen LogP contribution in [0.15, 0.2) is 63.8 Å². The van der Waals surface area contributed by atoms with Gasteiger partial charge in [-0.1, -0.05) is 6.07 Å². The maximum atomic E-state index is 14.3. The lowest BCUT2D eigenvalue weighted by Gasteiger charge is -2.44. The van der Waals surface area contributed by atoms with Crippen LogP contribution in [0.4, 0.5) is 0 Å². The molecule has 64 heavy (non-hydrogen) atoms. The van der Waals surface area contributed by atoms with E-state index in [2.05, 4.69) is 0 Å². The molecule has 14 unspecified atom stereocenters. The highest BCUT2D eigenvalue weighted by Crippen LogP contribution is 2.41. The number of esters is 1. The van der Waals surface area contributed by atoms with Crippen LogP contribution in [0.3, 0.4) is 0 Å². The number of phenols is 5. The molecule has 0 bridgehead atoms. The number of aliphatic hydroxyl groups is 8. The molecule has 13 N–H and O–H groups in total. The van der Waals surface area contributed by atoms with Crippen molar-refractivity contribution in [3.05, 3.63) is 70.4 Å². The van der Waals surface area contributed by atoms with Crippen molar-refractivity contribution in [3.63, 3.8) is 0 Å². The largest absolute Gasteiger partial charge is 0.507 e. The summed E-state index contributed by atoms with van der Waals surface area (Å²) in [4.78, 5) is 27.2. The SMILES string of the molecule is CC1OC(Oc2cc(O)c3c(=O)c(OC4OCC(O)C(O)C4OC4OC(CO)C(O)C(OC(=O)C=Cc5ccc(O)c(O)c5)C4O)c(-c4ccc(O)c(O)c4)oc3c2)C(O)C(O)C1O. The Kier molecular flexibility index (Phi) is 13.5. The van der Waals surface area contributed by atoms with E-state index in [-0.39, 0.29) is 16.9 Å². The molecular formula is C41H44O23. The molecule has 7 rings (SSSR count). The second-order valence-electron chi connectivity index (χ2n) is 15.1. The van der Waals surface area contributed by atoms with Gasteiger partial charge in [-0.3, -0.25) is 4.79 Å². The highest BCUT2D eigenvalue weighted by molar-refractivity contribution is 5.89. The Morgan fingerprint density at radius 3 is 2.11 bits per heavy atom. The van der Waals surface area contributed by atoms with E-state index in [1.807, 2.05) is 0 Å². The summed E-state index contributed by atoms with van der Waals surface area (Å²) in [5, 5.41) is 135. The minimum Gasteiger partial charge on any atom is -0.507 e. The smallest absolute Gasteiger partial charge is 0.331 e. The first kappa shape index (κ1) is 46.2. The van der Waals surface area contributed by atoms with Crippen LogP contribution in [0.25, 0.3) is 28.4 Å². The third-order valence-electron chi connectivity index (χ3n) is 10.6. The van der Waals surface area contributed by atoms with Crippen molar-refractivity contribution in [2.45, 2.75) is 92.9 Å². The normalized spacial score (nSPS) is 32.1. The minimum atomic E-state index is -2.09. The third-order valence-corrected chi connectivity index (χ3v) is 10.6. The van der Waals surface area contributed by atoms with E-state index in [1.165, 1.54) is 25.1 Å². The van der Waals surface area contributed by atoms with Crippen molar-refractivity contribution in [3.8, 4) is 51.6 Å². The standard InChI is InChI=1S/C41H44O23/c1-14-28(50)32(54)33(55)39(58-14)59-17-10-22(47)27-24(11-17)60-35(16-4-6-19(44)21(46)9-16)37(31(27)53)63-41-38(29(51)23(48)13-57-41)64-40-34(56)36(30(52)25(12-42)61-40)62-26(49)7-3-15-2-5-18(43)20(45)8-15/h2-11,14,23,25,28-30,32-34,36,38-48,50-52,54-56H,12-13H2,1H3. The first-order valence-electron chi connectivity index (χ1n) is 19.4. The average Bonchev–Trinajstić information content (AvgIpc) is 3.25. The van der Waals surface area contributed by atoms with Gasteiger partial charge in [0.1, 0.15) is 71.3 Å². The molecule has 346 valence electrons. The van der Waals surface area contributed by atoms with Gasteiger partial charge in [0.2, 0.25) is 23.8 Å². The summed E-state index contributed by atoms with van der Waals surface area (Å²) >= 11 is 0. The molecule has 0 spiro atoms. The predicted molar refractivity (Wildman–Crippen MR) is 210 cm³/mol. The van der Waals surface area contributed by atoms with Crippen LogP contribution in [0.1, 0.15) is 12.5 Å². The average molecular weight is 905 g/mol. The maximum Gasteiger partial charge on any atom is 0.331 e. The van der Waals surface area contributed by atoms with Gasteiger partial charge in [0.15, 0.2) is 47.3 Å². The molecule has 0 aliphatic carbocycles. The van der Waals surface area contributed by atoms with Crippen molar-refractivity contribution < 1.29 is 109 Å². The van der Waals surface area contributed by atoms with E-state index < -0.39 is 162 Å². The Morgan fingerprint density at radius 2 is 1.42 bits per heavy atom. The van der Waals surface area contributed by atoms with Gasteiger partial charge in [0.25, 0.3) is 0 Å². The number of aromatic hydroxyl groups is 5. The Hall–Kier alpha value is -5.80. The van der Waals surface area contributed by atoms with Gasteiger partial charge in [-0.05, 0) is 48.9 Å². The fourth-order valence-corrected chi connectivity index (χ4v) is 7.10. The number of rotatable bonds is 11. The van der Waals surface area contributed by atoms with Crippen LogP contribution in [-0.2, 0) is 28.5 Å². The monoisotopic (exact) mass is 904 g/mol. The summed E-state index contributed by atoms with van der Waals surface area (Å²) in [6.07, 6.45) is -22.4. The zero-order valence-electron chi connectivity index (χ0n) is 33.2. The van der Waals surface area contributed by atoms with E-state index in [0.29, 0.717) is 0 Å². The molecule has 1 aromatic heterocycles. The van der Waals surface area contributed by atoms with Crippen LogP contribution < -0.4 is 14.9 Å². The Bertz CT molecular complexity index is 2420. The zero-order chi connectivity index (χ0) is 46.3. The number of phenolic OH excluding ortho intramolecular Hbond substituents is 5. The van der Waals surface area contributed by atoms with Crippen molar-refractivity contribution in [1.29, 1.82) is 0 Å². The summed E-state index contributed by atoms with van der Waals surface area (Å²) in [5.41, 5.74) is -1.41. The molecular weight excluding hydrogens is 860 g/mol. The Balaban J connectivity index is 1.20. The lowest BCUT2D eigenvalue weighted by molar-refractivity contribution is -0.349. The van der Waals surface area contributed by atoms with E-state index in [9.17, 15) is 76.0 Å². The van der Waals surface area contributed by atoms with Crippen LogP contribution in [0.2, 0.25) is 0 Å². The fraction of sp³-hybridized carbons (Fsp3) is 0.415. The lowest BCUT2D eigenvalue weighted by atomic mass is 9.98. The molecule has 0 radical (unpaired) electrons. The second kappa shape index (κ2) is 18.7. The highest BCUT2D eigenvalue weighted by atomic mass is 16.8. The molecule has 3 saturated heterocycles. The summed E-state index contributed by atoms with van der Waals surface area (Å²) in [7, 11) is 0. The second-order valence-corrected chi connectivity index (χ2v) is 15.1. The fourth-order valence-electron chi connectivity index (χ4n) is 7.10. The Labute approximate surface area is 359 Å². The molecule has 0 amide bonds. The molecule has 3 fully saturated rings. The van der Waals surface area contributed by atoms with Gasteiger partial charge < -0.3 is 104 Å². The number of carbonyl (C=O) groups excluding carboxylic acids is 1. The summed E-state index contributed by atoms with van der Waals surface area (Å²) < 4.78 is 45.5. The minimum absolute atomic E-state index is 0.132. The summed E-state index contributed by atoms with van der Waals surface area (Å²) in [6, 6.07) is 8.86. The highest BCUT2D eigenvalue weighted by Gasteiger charge is 2.51. The predicted octanol–water partition coefficient (Wildman–Crippen LogP) is -1.90. The number of fused-ring (bicyclic) bond motifs is 1. The third kappa shape index (κ3) is 9.23.